The minimum Gasteiger partial charge on any atom is -0.480 e. The number of carbonyl (C=O) groups is 2. The minimum absolute atomic E-state index is 0.0460. The maximum atomic E-state index is 12.3. The smallest absolute Gasteiger partial charge is 0.327 e. The van der Waals surface area contributed by atoms with E-state index in [1.54, 1.807) is 7.11 Å². The van der Waals surface area contributed by atoms with Crippen LogP contribution in [0.5, 0.6) is 0 Å². The van der Waals surface area contributed by atoms with Gasteiger partial charge in [0.05, 0.1) is 5.37 Å². The van der Waals surface area contributed by atoms with Gasteiger partial charge >= 0.3 is 12.0 Å². The molecule has 2 amide bonds. The highest BCUT2D eigenvalue weighted by Gasteiger charge is 2.43. The van der Waals surface area contributed by atoms with Gasteiger partial charge in [0.1, 0.15) is 6.04 Å². The SMILES string of the molecule is COCCC(C)NC(=O)N1C(C(=O)O)CSC1C(C)C. The first-order valence-corrected chi connectivity index (χ1v) is 7.85. The summed E-state index contributed by atoms with van der Waals surface area (Å²) in [4.78, 5) is 25.1. The molecule has 0 bridgehead atoms. The van der Waals surface area contributed by atoms with E-state index in [9.17, 15) is 14.7 Å². The van der Waals surface area contributed by atoms with Gasteiger partial charge in [-0.25, -0.2) is 9.59 Å². The molecular formula is C13H24N2O4S. The molecule has 0 aromatic rings. The van der Waals surface area contributed by atoms with Crippen LogP contribution >= 0.6 is 11.8 Å². The van der Waals surface area contributed by atoms with E-state index < -0.39 is 12.0 Å². The van der Waals surface area contributed by atoms with Crippen LogP contribution in [-0.2, 0) is 9.53 Å². The van der Waals surface area contributed by atoms with Crippen molar-refractivity contribution < 1.29 is 19.4 Å². The van der Waals surface area contributed by atoms with Gasteiger partial charge in [0.25, 0.3) is 0 Å². The minimum atomic E-state index is -0.944. The number of aliphatic carboxylic acids is 1. The lowest BCUT2D eigenvalue weighted by molar-refractivity contribution is -0.141. The summed E-state index contributed by atoms with van der Waals surface area (Å²) in [5.74, 6) is -0.289. The van der Waals surface area contributed by atoms with E-state index in [1.165, 1.54) is 16.7 Å². The summed E-state index contributed by atoms with van der Waals surface area (Å²) in [6.07, 6.45) is 0.702. The number of methoxy groups -OCH3 is 1. The fourth-order valence-electron chi connectivity index (χ4n) is 2.14. The number of hydrogen-bond acceptors (Lipinski definition) is 4. The Bertz CT molecular complexity index is 351. The van der Waals surface area contributed by atoms with E-state index in [-0.39, 0.29) is 23.4 Å². The van der Waals surface area contributed by atoms with Crippen molar-refractivity contribution in [2.45, 2.75) is 44.6 Å². The number of nitrogens with zero attached hydrogens (tertiary/aromatic N) is 1. The zero-order chi connectivity index (χ0) is 15.3. The van der Waals surface area contributed by atoms with Crippen LogP contribution in [0.1, 0.15) is 27.2 Å². The van der Waals surface area contributed by atoms with Gasteiger partial charge in [-0.1, -0.05) is 13.8 Å². The van der Waals surface area contributed by atoms with Crippen LogP contribution in [0, 0.1) is 5.92 Å². The first kappa shape index (κ1) is 17.1. The summed E-state index contributed by atoms with van der Waals surface area (Å²) in [7, 11) is 1.61. The van der Waals surface area contributed by atoms with Gasteiger partial charge in [-0.3, -0.25) is 4.90 Å². The Labute approximate surface area is 124 Å². The third-order valence-electron chi connectivity index (χ3n) is 3.25. The van der Waals surface area contributed by atoms with Crippen molar-refractivity contribution >= 4 is 23.8 Å². The van der Waals surface area contributed by atoms with E-state index in [0.29, 0.717) is 18.8 Å². The van der Waals surface area contributed by atoms with E-state index in [0.717, 1.165) is 0 Å². The summed E-state index contributed by atoms with van der Waals surface area (Å²) in [6.45, 7) is 6.44. The summed E-state index contributed by atoms with van der Waals surface area (Å²) in [6, 6.07) is -1.10. The first-order chi connectivity index (χ1) is 9.38. The van der Waals surface area contributed by atoms with Gasteiger partial charge in [-0.2, -0.15) is 0 Å². The maximum absolute atomic E-state index is 12.3. The van der Waals surface area contributed by atoms with Crippen molar-refractivity contribution in [2.75, 3.05) is 19.5 Å². The number of ether oxygens (including phenoxy) is 1. The number of thioether (sulfide) groups is 1. The number of hydrogen-bond donors (Lipinski definition) is 2. The second-order valence-corrected chi connectivity index (χ2v) is 6.51. The van der Waals surface area contributed by atoms with Gasteiger partial charge in [-0.05, 0) is 19.3 Å². The lowest BCUT2D eigenvalue weighted by Gasteiger charge is -2.31. The van der Waals surface area contributed by atoms with Gasteiger partial charge in [-0.15, -0.1) is 11.8 Å². The lowest BCUT2D eigenvalue weighted by atomic mass is 10.1. The average Bonchev–Trinajstić information content (AvgIpc) is 2.81. The molecule has 20 heavy (non-hydrogen) atoms. The molecule has 1 fully saturated rings. The average molecular weight is 304 g/mol. The Balaban J connectivity index is 2.71. The number of carboxylic acids is 1. The zero-order valence-electron chi connectivity index (χ0n) is 12.5. The lowest BCUT2D eigenvalue weighted by Crippen LogP contribution is -2.53. The molecule has 0 radical (unpaired) electrons. The Kier molecular flexibility index (Phi) is 6.61. The highest BCUT2D eigenvalue weighted by molar-refractivity contribution is 8.00. The van der Waals surface area contributed by atoms with Crippen LogP contribution in [0.15, 0.2) is 0 Å². The molecule has 2 N–H and O–H groups in total. The Morgan fingerprint density at radius 2 is 2.10 bits per heavy atom. The van der Waals surface area contributed by atoms with Crippen molar-refractivity contribution in [3.05, 3.63) is 0 Å². The van der Waals surface area contributed by atoms with E-state index >= 15 is 0 Å². The van der Waals surface area contributed by atoms with E-state index in [1.807, 2.05) is 20.8 Å². The monoisotopic (exact) mass is 304 g/mol. The van der Waals surface area contributed by atoms with Crippen LogP contribution < -0.4 is 5.32 Å². The quantitative estimate of drug-likeness (QED) is 0.779. The molecule has 3 unspecified atom stereocenters. The molecule has 0 aromatic carbocycles. The fourth-order valence-corrected chi connectivity index (χ4v) is 3.61. The van der Waals surface area contributed by atoms with Crippen LogP contribution in [0.3, 0.4) is 0 Å². The molecule has 1 heterocycles. The highest BCUT2D eigenvalue weighted by Crippen LogP contribution is 2.34. The van der Waals surface area contributed by atoms with Crippen LogP contribution in [-0.4, -0.2) is 58.9 Å². The Hall–Kier alpha value is -0.950. The van der Waals surface area contributed by atoms with Gasteiger partial charge in [0, 0.05) is 25.5 Å². The fraction of sp³-hybridized carbons (Fsp3) is 0.846. The molecule has 3 atom stereocenters. The third kappa shape index (κ3) is 4.28. The molecule has 116 valence electrons. The van der Waals surface area contributed by atoms with Gasteiger partial charge in [0.2, 0.25) is 0 Å². The molecule has 0 spiro atoms. The molecule has 0 aromatic heterocycles. The summed E-state index contributed by atoms with van der Waals surface area (Å²) >= 11 is 1.53. The number of rotatable bonds is 6. The molecule has 1 rings (SSSR count). The number of carbonyl (C=O) groups excluding carboxylic acids is 1. The number of nitrogens with one attached hydrogen (secondary N) is 1. The second-order valence-electron chi connectivity index (χ2n) is 5.36. The summed E-state index contributed by atoms with van der Waals surface area (Å²) in [5, 5.41) is 12.0. The molecule has 0 saturated carbocycles. The highest BCUT2D eigenvalue weighted by atomic mass is 32.2. The van der Waals surface area contributed by atoms with Crippen molar-refractivity contribution in [1.82, 2.24) is 10.2 Å². The molecule has 0 aliphatic carbocycles. The normalized spacial score (nSPS) is 23.9. The second kappa shape index (κ2) is 7.73. The predicted octanol–water partition coefficient (Wildman–Crippen LogP) is 1.61. The molecule has 6 nitrogen and oxygen atoms in total. The number of carboxylic acid groups (broad SMARTS) is 1. The van der Waals surface area contributed by atoms with Crippen LogP contribution in [0.4, 0.5) is 4.79 Å². The van der Waals surface area contributed by atoms with Crippen molar-refractivity contribution in [3.8, 4) is 0 Å². The maximum Gasteiger partial charge on any atom is 0.327 e. The van der Waals surface area contributed by atoms with E-state index in [2.05, 4.69) is 5.32 Å². The Morgan fingerprint density at radius 3 is 2.60 bits per heavy atom. The summed E-state index contributed by atoms with van der Waals surface area (Å²) in [5.41, 5.74) is 0. The van der Waals surface area contributed by atoms with Crippen LogP contribution in [0.25, 0.3) is 0 Å². The molecular weight excluding hydrogens is 280 g/mol. The van der Waals surface area contributed by atoms with Crippen LogP contribution in [0.2, 0.25) is 0 Å². The van der Waals surface area contributed by atoms with Crippen molar-refractivity contribution in [3.63, 3.8) is 0 Å². The zero-order valence-corrected chi connectivity index (χ0v) is 13.3. The summed E-state index contributed by atoms with van der Waals surface area (Å²) < 4.78 is 4.98. The third-order valence-corrected chi connectivity index (χ3v) is 4.87. The number of amides is 2. The predicted molar refractivity (Wildman–Crippen MR) is 78.8 cm³/mol. The number of urea groups is 1. The van der Waals surface area contributed by atoms with Gasteiger partial charge in [0.15, 0.2) is 0 Å². The first-order valence-electron chi connectivity index (χ1n) is 6.80. The Morgan fingerprint density at radius 1 is 1.45 bits per heavy atom. The topological polar surface area (TPSA) is 78.9 Å². The standard InChI is InChI=1S/C13H24N2O4S/c1-8(2)11-15(10(7-20-11)12(16)17)13(18)14-9(3)5-6-19-4/h8-11H,5-7H2,1-4H3,(H,14,18)(H,16,17). The molecule has 1 aliphatic heterocycles. The van der Waals surface area contributed by atoms with Crippen molar-refractivity contribution in [2.24, 2.45) is 5.92 Å². The van der Waals surface area contributed by atoms with Crippen molar-refractivity contribution in [1.29, 1.82) is 0 Å². The molecule has 1 aliphatic rings. The molecule has 1 saturated heterocycles. The molecule has 7 heteroatoms. The largest absolute Gasteiger partial charge is 0.480 e. The van der Waals surface area contributed by atoms with Gasteiger partial charge < -0.3 is 15.2 Å². The van der Waals surface area contributed by atoms with E-state index in [4.69, 9.17) is 4.74 Å².